The largest absolute Gasteiger partial charge is 0.464 e. The van der Waals surface area contributed by atoms with Gasteiger partial charge in [0, 0.05) is 28.8 Å². The number of aryl methyl sites for hydroxylation is 2. The minimum Gasteiger partial charge on any atom is -0.464 e. The fraction of sp³-hybridized carbons (Fsp3) is 0.211. The Hall–Kier alpha value is -3.15. The van der Waals surface area contributed by atoms with E-state index in [9.17, 15) is 14.9 Å². The third-order valence-electron chi connectivity index (χ3n) is 4.58. The molecule has 6 heteroatoms. The van der Waals surface area contributed by atoms with E-state index in [-0.39, 0.29) is 18.0 Å². The first-order valence-electron chi connectivity index (χ1n) is 8.16. The van der Waals surface area contributed by atoms with Gasteiger partial charge in [-0.25, -0.2) is 0 Å². The Bertz CT molecular complexity index is 973. The molecule has 0 saturated heterocycles. The van der Waals surface area contributed by atoms with Gasteiger partial charge in [-0.15, -0.1) is 0 Å². The van der Waals surface area contributed by atoms with E-state index in [0.29, 0.717) is 5.69 Å². The summed E-state index contributed by atoms with van der Waals surface area (Å²) >= 11 is 0. The van der Waals surface area contributed by atoms with Crippen molar-refractivity contribution in [1.29, 1.82) is 0 Å². The van der Waals surface area contributed by atoms with Gasteiger partial charge < -0.3 is 9.73 Å². The molecule has 4 rings (SSSR count). The summed E-state index contributed by atoms with van der Waals surface area (Å²) in [6, 6.07) is 10.00. The lowest BCUT2D eigenvalue weighted by Crippen LogP contribution is -2.14. The van der Waals surface area contributed by atoms with Gasteiger partial charge in [0.1, 0.15) is 5.58 Å². The number of benzene rings is 2. The minimum absolute atomic E-state index is 0.00678. The summed E-state index contributed by atoms with van der Waals surface area (Å²) in [6.45, 7) is 0. The van der Waals surface area contributed by atoms with E-state index in [1.54, 1.807) is 6.26 Å². The van der Waals surface area contributed by atoms with Crippen molar-refractivity contribution >= 4 is 28.3 Å². The van der Waals surface area contributed by atoms with Crippen molar-refractivity contribution in [2.24, 2.45) is 0 Å². The number of anilines is 1. The Morgan fingerprint density at radius 3 is 2.60 bits per heavy atom. The molecule has 126 valence electrons. The van der Waals surface area contributed by atoms with Crippen LogP contribution in [0.15, 0.2) is 47.1 Å². The Kier molecular flexibility index (Phi) is 3.72. The second-order valence-electron chi connectivity index (χ2n) is 6.26. The second kappa shape index (κ2) is 6.05. The van der Waals surface area contributed by atoms with E-state index in [0.717, 1.165) is 35.8 Å². The van der Waals surface area contributed by atoms with Crippen LogP contribution in [0.25, 0.3) is 11.0 Å². The molecule has 1 amide bonds. The van der Waals surface area contributed by atoms with Crippen LogP contribution in [-0.4, -0.2) is 10.8 Å². The monoisotopic (exact) mass is 336 g/mol. The maximum atomic E-state index is 12.3. The molecule has 6 nitrogen and oxygen atoms in total. The first-order chi connectivity index (χ1) is 12.1. The molecular formula is C19H16N2O4. The molecule has 1 aromatic heterocycles. The number of nitro groups is 1. The number of rotatable bonds is 4. The summed E-state index contributed by atoms with van der Waals surface area (Å²) in [5.41, 5.74) is 4.87. The molecule has 0 unspecified atom stereocenters. The molecule has 0 aliphatic heterocycles. The third kappa shape index (κ3) is 2.98. The van der Waals surface area contributed by atoms with Gasteiger partial charge in [0.2, 0.25) is 5.91 Å². The number of furan rings is 1. The number of hydrogen-bond acceptors (Lipinski definition) is 4. The first kappa shape index (κ1) is 15.4. The quantitative estimate of drug-likeness (QED) is 0.576. The van der Waals surface area contributed by atoms with E-state index in [1.165, 1.54) is 35.4 Å². The highest BCUT2D eigenvalue weighted by atomic mass is 16.6. The Balaban J connectivity index is 1.51. The predicted octanol–water partition coefficient (Wildman–Crippen LogP) is 4.01. The first-order valence-corrected chi connectivity index (χ1v) is 8.16. The van der Waals surface area contributed by atoms with Crippen LogP contribution in [0.4, 0.5) is 11.4 Å². The minimum atomic E-state index is -0.471. The van der Waals surface area contributed by atoms with Gasteiger partial charge in [-0.1, -0.05) is 0 Å². The average Bonchev–Trinajstić information content (AvgIpc) is 3.20. The maximum Gasteiger partial charge on any atom is 0.269 e. The molecule has 0 bridgehead atoms. The highest BCUT2D eigenvalue weighted by molar-refractivity contribution is 5.95. The van der Waals surface area contributed by atoms with Crippen LogP contribution in [0.3, 0.4) is 0 Å². The standard InChI is InChI=1S/C19H16N2O4/c22-19(20-15-4-6-16(7-5-15)21(23)24)10-14-11-25-18-9-13-3-1-2-12(13)8-17(14)18/h4-9,11H,1-3,10H2,(H,20,22). The highest BCUT2D eigenvalue weighted by Crippen LogP contribution is 2.30. The van der Waals surface area contributed by atoms with Crippen molar-refractivity contribution in [3.63, 3.8) is 0 Å². The van der Waals surface area contributed by atoms with E-state index in [2.05, 4.69) is 17.4 Å². The van der Waals surface area contributed by atoms with E-state index in [1.807, 2.05) is 0 Å². The van der Waals surface area contributed by atoms with Gasteiger partial charge >= 0.3 is 0 Å². The van der Waals surface area contributed by atoms with Crippen molar-refractivity contribution in [3.8, 4) is 0 Å². The van der Waals surface area contributed by atoms with Crippen LogP contribution >= 0.6 is 0 Å². The van der Waals surface area contributed by atoms with Crippen molar-refractivity contribution < 1.29 is 14.1 Å². The van der Waals surface area contributed by atoms with Gasteiger partial charge in [0.05, 0.1) is 17.6 Å². The fourth-order valence-corrected chi connectivity index (χ4v) is 3.33. The molecule has 1 aliphatic rings. The number of nitrogens with zero attached hydrogens (tertiary/aromatic N) is 1. The molecule has 0 atom stereocenters. The van der Waals surface area contributed by atoms with Crippen LogP contribution in [-0.2, 0) is 24.1 Å². The van der Waals surface area contributed by atoms with E-state index in [4.69, 9.17) is 4.42 Å². The fourth-order valence-electron chi connectivity index (χ4n) is 3.33. The summed E-state index contributed by atoms with van der Waals surface area (Å²) in [4.78, 5) is 22.5. The molecule has 1 N–H and O–H groups in total. The van der Waals surface area contributed by atoms with E-state index >= 15 is 0 Å². The van der Waals surface area contributed by atoms with Gasteiger partial charge in [0.25, 0.3) is 5.69 Å². The summed E-state index contributed by atoms with van der Waals surface area (Å²) in [5, 5.41) is 14.4. The summed E-state index contributed by atoms with van der Waals surface area (Å²) in [5.74, 6) is -0.183. The number of non-ortho nitro benzene ring substituents is 1. The zero-order valence-corrected chi connectivity index (χ0v) is 13.5. The Labute approximate surface area is 143 Å². The van der Waals surface area contributed by atoms with Crippen LogP contribution in [0, 0.1) is 10.1 Å². The summed E-state index contributed by atoms with van der Waals surface area (Å²) in [7, 11) is 0. The topological polar surface area (TPSA) is 85.4 Å². The third-order valence-corrected chi connectivity index (χ3v) is 4.58. The molecule has 25 heavy (non-hydrogen) atoms. The number of amides is 1. The van der Waals surface area contributed by atoms with Crippen LogP contribution < -0.4 is 5.32 Å². The normalized spacial score (nSPS) is 13.0. The number of hydrogen-bond donors (Lipinski definition) is 1. The van der Waals surface area contributed by atoms with Crippen molar-refractivity contribution in [3.05, 3.63) is 69.5 Å². The highest BCUT2D eigenvalue weighted by Gasteiger charge is 2.17. The van der Waals surface area contributed by atoms with Crippen LogP contribution in [0.5, 0.6) is 0 Å². The lowest BCUT2D eigenvalue weighted by Gasteiger charge is -2.05. The van der Waals surface area contributed by atoms with Gasteiger partial charge in [0.15, 0.2) is 0 Å². The van der Waals surface area contributed by atoms with Crippen LogP contribution in [0.1, 0.15) is 23.1 Å². The second-order valence-corrected chi connectivity index (χ2v) is 6.26. The van der Waals surface area contributed by atoms with Gasteiger partial charge in [-0.2, -0.15) is 0 Å². The van der Waals surface area contributed by atoms with E-state index < -0.39 is 4.92 Å². The average molecular weight is 336 g/mol. The van der Waals surface area contributed by atoms with Crippen molar-refractivity contribution in [2.45, 2.75) is 25.7 Å². The summed E-state index contributed by atoms with van der Waals surface area (Å²) in [6.07, 6.45) is 5.16. The van der Waals surface area contributed by atoms with Gasteiger partial charge in [-0.05, 0) is 54.7 Å². The lowest BCUT2D eigenvalue weighted by molar-refractivity contribution is -0.384. The number of carbonyl (C=O) groups is 1. The Morgan fingerprint density at radius 2 is 1.88 bits per heavy atom. The van der Waals surface area contributed by atoms with Crippen molar-refractivity contribution in [2.75, 3.05) is 5.32 Å². The van der Waals surface area contributed by atoms with Gasteiger partial charge in [-0.3, -0.25) is 14.9 Å². The molecular weight excluding hydrogens is 320 g/mol. The zero-order valence-electron chi connectivity index (χ0n) is 13.5. The number of carbonyl (C=O) groups excluding carboxylic acids is 1. The zero-order chi connectivity index (χ0) is 17.4. The SMILES string of the molecule is O=C(Cc1coc2cc3c(cc12)CCC3)Nc1ccc([N+](=O)[O-])cc1. The molecule has 1 heterocycles. The summed E-state index contributed by atoms with van der Waals surface area (Å²) < 4.78 is 5.61. The molecule has 1 aliphatic carbocycles. The molecule has 2 aromatic carbocycles. The number of nitrogens with one attached hydrogen (secondary N) is 1. The molecule has 0 fully saturated rings. The lowest BCUT2D eigenvalue weighted by atomic mass is 10.0. The molecule has 3 aromatic rings. The smallest absolute Gasteiger partial charge is 0.269 e. The van der Waals surface area contributed by atoms with Crippen molar-refractivity contribution in [1.82, 2.24) is 0 Å². The number of fused-ring (bicyclic) bond motifs is 2. The molecule has 0 saturated carbocycles. The number of nitro benzene ring substituents is 1. The molecule has 0 radical (unpaired) electrons. The predicted molar refractivity (Wildman–Crippen MR) is 93.7 cm³/mol. The molecule has 0 spiro atoms. The maximum absolute atomic E-state index is 12.3. The Morgan fingerprint density at radius 1 is 1.16 bits per heavy atom. The van der Waals surface area contributed by atoms with Crippen LogP contribution in [0.2, 0.25) is 0 Å².